The number of hydrogen-bond donors (Lipinski definition) is 0. The Labute approximate surface area is 134 Å². The number of benzene rings is 1. The lowest BCUT2D eigenvalue weighted by atomic mass is 10.1. The molecule has 0 amide bonds. The van der Waals surface area contributed by atoms with Crippen LogP contribution in [0.1, 0.15) is 48.5 Å². The van der Waals surface area contributed by atoms with Crippen LogP contribution in [0.25, 0.3) is 0 Å². The normalized spacial score (nSPS) is 15.5. The first kappa shape index (κ1) is 14.6. The summed E-state index contributed by atoms with van der Waals surface area (Å²) in [6, 6.07) is 8.90. The Morgan fingerprint density at radius 3 is 2.86 bits per heavy atom. The number of ether oxygens (including phenoxy) is 1. The average Bonchev–Trinajstić information content (AvgIpc) is 3.16. The van der Waals surface area contributed by atoms with Crippen LogP contribution in [0.15, 0.2) is 30.5 Å². The molecule has 1 aliphatic rings. The van der Waals surface area contributed by atoms with Gasteiger partial charge in [-0.3, -0.25) is 4.68 Å². The molecule has 0 bridgehead atoms. The zero-order valence-electron chi connectivity index (χ0n) is 12.4. The fourth-order valence-corrected chi connectivity index (χ4v) is 3.44. The van der Waals surface area contributed by atoms with Gasteiger partial charge in [0.1, 0.15) is 12.4 Å². The number of alkyl halides is 1. The van der Waals surface area contributed by atoms with E-state index in [0.29, 0.717) is 12.6 Å². The molecule has 21 heavy (non-hydrogen) atoms. The van der Waals surface area contributed by atoms with E-state index in [9.17, 15) is 0 Å². The molecule has 1 heterocycles. The third kappa shape index (κ3) is 3.31. The molecule has 0 spiro atoms. The van der Waals surface area contributed by atoms with E-state index < -0.39 is 0 Å². The largest absolute Gasteiger partial charge is 0.487 e. The lowest BCUT2D eigenvalue weighted by Crippen LogP contribution is -2.07. The van der Waals surface area contributed by atoms with E-state index in [0.717, 1.165) is 16.8 Å². The number of aryl methyl sites for hydroxylation is 1. The molecule has 1 aliphatic carbocycles. The van der Waals surface area contributed by atoms with Crippen LogP contribution >= 0.6 is 15.9 Å². The van der Waals surface area contributed by atoms with Crippen LogP contribution in [0.3, 0.4) is 0 Å². The standard InChI is InChI=1S/C17H21BrN2O/c1-13-5-4-6-14(11-18)17(13)21-12-15-9-10-20(19-15)16-7-2-3-8-16/h4-6,9-10,16H,2-3,7-8,11-12H2,1H3. The molecule has 1 fully saturated rings. The van der Waals surface area contributed by atoms with Crippen molar-refractivity contribution in [2.24, 2.45) is 0 Å². The molecule has 3 rings (SSSR count). The number of halogens is 1. The van der Waals surface area contributed by atoms with Crippen LogP contribution in [0.4, 0.5) is 0 Å². The molecule has 0 saturated heterocycles. The minimum atomic E-state index is 0.532. The van der Waals surface area contributed by atoms with E-state index in [1.807, 2.05) is 0 Å². The molecular formula is C17H21BrN2O. The number of para-hydroxylation sites is 1. The maximum absolute atomic E-state index is 6.02. The highest BCUT2D eigenvalue weighted by Crippen LogP contribution is 2.29. The molecule has 1 saturated carbocycles. The van der Waals surface area contributed by atoms with Crippen molar-refractivity contribution in [3.8, 4) is 5.75 Å². The Balaban J connectivity index is 1.68. The lowest BCUT2D eigenvalue weighted by Gasteiger charge is -2.12. The van der Waals surface area contributed by atoms with Gasteiger partial charge in [-0.25, -0.2) is 0 Å². The third-order valence-electron chi connectivity index (χ3n) is 4.16. The second-order valence-electron chi connectivity index (χ2n) is 5.71. The Morgan fingerprint density at radius 1 is 1.29 bits per heavy atom. The lowest BCUT2D eigenvalue weighted by molar-refractivity contribution is 0.294. The Hall–Kier alpha value is -1.29. The smallest absolute Gasteiger partial charge is 0.132 e. The van der Waals surface area contributed by atoms with Gasteiger partial charge in [0.25, 0.3) is 0 Å². The zero-order chi connectivity index (χ0) is 14.7. The summed E-state index contributed by atoms with van der Waals surface area (Å²) in [5.41, 5.74) is 3.36. The SMILES string of the molecule is Cc1cccc(CBr)c1OCc1ccn(C2CCCC2)n1. The van der Waals surface area contributed by atoms with Gasteiger partial charge in [0.2, 0.25) is 0 Å². The second-order valence-corrected chi connectivity index (χ2v) is 6.27. The summed E-state index contributed by atoms with van der Waals surface area (Å²) in [5, 5.41) is 5.48. The summed E-state index contributed by atoms with van der Waals surface area (Å²) in [6.07, 6.45) is 7.27. The van der Waals surface area contributed by atoms with E-state index in [-0.39, 0.29) is 0 Å². The van der Waals surface area contributed by atoms with E-state index >= 15 is 0 Å². The molecule has 0 N–H and O–H groups in total. The number of nitrogens with zero attached hydrogens (tertiary/aromatic N) is 2. The molecule has 0 atom stereocenters. The summed E-state index contributed by atoms with van der Waals surface area (Å²) in [4.78, 5) is 0. The minimum Gasteiger partial charge on any atom is -0.487 e. The molecule has 0 unspecified atom stereocenters. The van der Waals surface area contributed by atoms with Crippen molar-refractivity contribution in [3.05, 3.63) is 47.3 Å². The van der Waals surface area contributed by atoms with Gasteiger partial charge in [0.15, 0.2) is 0 Å². The summed E-state index contributed by atoms with van der Waals surface area (Å²) in [6.45, 7) is 2.61. The van der Waals surface area contributed by atoms with Crippen molar-refractivity contribution in [2.45, 2.75) is 50.6 Å². The molecule has 1 aromatic heterocycles. The van der Waals surface area contributed by atoms with Crippen LogP contribution in [-0.2, 0) is 11.9 Å². The van der Waals surface area contributed by atoms with Gasteiger partial charge >= 0.3 is 0 Å². The molecule has 4 heteroatoms. The maximum Gasteiger partial charge on any atom is 0.132 e. The highest BCUT2D eigenvalue weighted by molar-refractivity contribution is 9.08. The zero-order valence-corrected chi connectivity index (χ0v) is 14.0. The molecule has 2 aromatic rings. The van der Waals surface area contributed by atoms with Gasteiger partial charge in [0.05, 0.1) is 11.7 Å². The highest BCUT2D eigenvalue weighted by atomic mass is 79.9. The highest BCUT2D eigenvalue weighted by Gasteiger charge is 2.17. The van der Waals surface area contributed by atoms with Crippen molar-refractivity contribution in [3.63, 3.8) is 0 Å². The first-order chi connectivity index (χ1) is 10.3. The first-order valence-electron chi connectivity index (χ1n) is 7.59. The number of aromatic nitrogens is 2. The molecule has 1 aromatic carbocycles. The van der Waals surface area contributed by atoms with E-state index in [4.69, 9.17) is 4.74 Å². The van der Waals surface area contributed by atoms with Gasteiger partial charge in [-0.15, -0.1) is 0 Å². The van der Waals surface area contributed by atoms with Gasteiger partial charge in [-0.2, -0.15) is 5.10 Å². The molecule has 112 valence electrons. The number of hydrogen-bond acceptors (Lipinski definition) is 2. The predicted octanol–water partition coefficient (Wildman–Crippen LogP) is 4.78. The van der Waals surface area contributed by atoms with Crippen molar-refractivity contribution in [1.82, 2.24) is 9.78 Å². The van der Waals surface area contributed by atoms with Crippen LogP contribution < -0.4 is 4.74 Å². The molecule has 0 aliphatic heterocycles. The van der Waals surface area contributed by atoms with Gasteiger partial charge in [0, 0.05) is 17.1 Å². The fraction of sp³-hybridized carbons (Fsp3) is 0.471. The van der Waals surface area contributed by atoms with Crippen molar-refractivity contribution in [2.75, 3.05) is 0 Å². The molecule has 3 nitrogen and oxygen atoms in total. The van der Waals surface area contributed by atoms with Crippen molar-refractivity contribution < 1.29 is 4.74 Å². The van der Waals surface area contributed by atoms with Gasteiger partial charge in [-0.05, 0) is 31.4 Å². The topological polar surface area (TPSA) is 27.1 Å². The molecular weight excluding hydrogens is 328 g/mol. The summed E-state index contributed by atoms with van der Waals surface area (Å²) in [7, 11) is 0. The van der Waals surface area contributed by atoms with E-state index in [2.05, 4.69) is 63.1 Å². The van der Waals surface area contributed by atoms with Crippen LogP contribution in [0.5, 0.6) is 5.75 Å². The summed E-state index contributed by atoms with van der Waals surface area (Å²) < 4.78 is 8.13. The van der Waals surface area contributed by atoms with Crippen LogP contribution in [-0.4, -0.2) is 9.78 Å². The summed E-state index contributed by atoms with van der Waals surface area (Å²) in [5.74, 6) is 0.977. The fourth-order valence-electron chi connectivity index (χ4n) is 3.00. The van der Waals surface area contributed by atoms with E-state index in [1.165, 1.54) is 36.8 Å². The maximum atomic E-state index is 6.02. The Kier molecular flexibility index (Phi) is 4.63. The van der Waals surface area contributed by atoms with Crippen LogP contribution in [0, 0.1) is 6.92 Å². The van der Waals surface area contributed by atoms with Gasteiger partial charge in [-0.1, -0.05) is 47.0 Å². The third-order valence-corrected chi connectivity index (χ3v) is 4.77. The summed E-state index contributed by atoms with van der Waals surface area (Å²) >= 11 is 3.52. The Bertz CT molecular complexity index is 603. The number of rotatable bonds is 5. The monoisotopic (exact) mass is 348 g/mol. The van der Waals surface area contributed by atoms with Gasteiger partial charge < -0.3 is 4.74 Å². The minimum absolute atomic E-state index is 0.532. The first-order valence-corrected chi connectivity index (χ1v) is 8.71. The van der Waals surface area contributed by atoms with Crippen molar-refractivity contribution in [1.29, 1.82) is 0 Å². The van der Waals surface area contributed by atoms with Crippen LogP contribution in [0.2, 0.25) is 0 Å². The van der Waals surface area contributed by atoms with Crippen molar-refractivity contribution >= 4 is 15.9 Å². The second kappa shape index (κ2) is 6.65. The Morgan fingerprint density at radius 2 is 2.10 bits per heavy atom. The quantitative estimate of drug-likeness (QED) is 0.727. The molecule has 0 radical (unpaired) electrons. The van der Waals surface area contributed by atoms with E-state index in [1.54, 1.807) is 0 Å². The average molecular weight is 349 g/mol. The predicted molar refractivity (Wildman–Crippen MR) is 87.9 cm³/mol.